The first-order valence-corrected chi connectivity index (χ1v) is 7.11. The normalized spacial score (nSPS) is 19.9. The second-order valence-electron chi connectivity index (χ2n) is 4.44. The predicted molar refractivity (Wildman–Crippen MR) is 73.9 cm³/mol. The van der Waals surface area contributed by atoms with E-state index in [2.05, 4.69) is 22.8 Å². The number of aromatic nitrogens is 1. The molecule has 3 nitrogen and oxygen atoms in total. The molecule has 1 aliphatic rings. The zero-order valence-corrected chi connectivity index (χ0v) is 11.0. The van der Waals surface area contributed by atoms with Crippen LogP contribution in [0.2, 0.25) is 0 Å². The second-order valence-corrected chi connectivity index (χ2v) is 5.30. The molecule has 2 aromatic rings. The molecular weight excluding hydrogens is 244 g/mol. The standard InChI is InChI=1S/C14H16N2OS/c1-2-4-11(5-3-1)14-16-13(10-18-14)8-12-9-17-7-6-15-12/h1-5,10,12,15H,6-9H2. The highest BCUT2D eigenvalue weighted by atomic mass is 32.1. The van der Waals surface area contributed by atoms with Crippen LogP contribution in [0.15, 0.2) is 35.7 Å². The van der Waals surface area contributed by atoms with E-state index < -0.39 is 0 Å². The average Bonchev–Trinajstić information content (AvgIpc) is 2.89. The zero-order valence-electron chi connectivity index (χ0n) is 10.1. The lowest BCUT2D eigenvalue weighted by Gasteiger charge is -2.22. The molecule has 1 saturated heterocycles. The van der Waals surface area contributed by atoms with Gasteiger partial charge in [0.1, 0.15) is 5.01 Å². The van der Waals surface area contributed by atoms with Gasteiger partial charge in [0, 0.05) is 30.0 Å². The molecule has 1 N–H and O–H groups in total. The Labute approximate surface area is 111 Å². The highest BCUT2D eigenvalue weighted by Crippen LogP contribution is 2.23. The smallest absolute Gasteiger partial charge is 0.123 e. The maximum Gasteiger partial charge on any atom is 0.123 e. The van der Waals surface area contributed by atoms with E-state index in [-0.39, 0.29) is 0 Å². The van der Waals surface area contributed by atoms with Crippen molar-refractivity contribution in [2.75, 3.05) is 19.8 Å². The Morgan fingerprint density at radius 3 is 3.00 bits per heavy atom. The second kappa shape index (κ2) is 5.61. The van der Waals surface area contributed by atoms with E-state index in [4.69, 9.17) is 9.72 Å². The molecule has 18 heavy (non-hydrogen) atoms. The Morgan fingerprint density at radius 1 is 1.33 bits per heavy atom. The molecule has 3 rings (SSSR count). The van der Waals surface area contributed by atoms with E-state index in [1.165, 1.54) is 5.56 Å². The van der Waals surface area contributed by atoms with Gasteiger partial charge in [-0.15, -0.1) is 11.3 Å². The van der Waals surface area contributed by atoms with E-state index >= 15 is 0 Å². The van der Waals surface area contributed by atoms with Crippen LogP contribution in [0.5, 0.6) is 0 Å². The van der Waals surface area contributed by atoms with Gasteiger partial charge in [0.05, 0.1) is 18.9 Å². The number of morpholine rings is 1. The van der Waals surface area contributed by atoms with Gasteiger partial charge in [-0.1, -0.05) is 30.3 Å². The van der Waals surface area contributed by atoms with Gasteiger partial charge in [-0.25, -0.2) is 4.98 Å². The molecule has 4 heteroatoms. The van der Waals surface area contributed by atoms with Crippen molar-refractivity contribution in [1.29, 1.82) is 0 Å². The first-order chi connectivity index (χ1) is 8.92. The minimum atomic E-state index is 0.407. The average molecular weight is 260 g/mol. The Morgan fingerprint density at radius 2 is 2.22 bits per heavy atom. The zero-order chi connectivity index (χ0) is 12.2. The minimum Gasteiger partial charge on any atom is -0.379 e. The lowest BCUT2D eigenvalue weighted by atomic mass is 10.1. The van der Waals surface area contributed by atoms with Crippen molar-refractivity contribution >= 4 is 11.3 Å². The van der Waals surface area contributed by atoms with Crippen LogP contribution in [0, 0.1) is 0 Å². The highest BCUT2D eigenvalue weighted by molar-refractivity contribution is 7.13. The van der Waals surface area contributed by atoms with Crippen LogP contribution in [0.4, 0.5) is 0 Å². The summed E-state index contributed by atoms with van der Waals surface area (Å²) in [5.41, 5.74) is 2.35. The van der Waals surface area contributed by atoms with Crippen molar-refractivity contribution < 1.29 is 4.74 Å². The number of hydrogen-bond donors (Lipinski definition) is 1. The largest absolute Gasteiger partial charge is 0.379 e. The molecule has 0 aliphatic carbocycles. The summed E-state index contributed by atoms with van der Waals surface area (Å²) in [5.74, 6) is 0. The van der Waals surface area contributed by atoms with Gasteiger partial charge in [0.2, 0.25) is 0 Å². The molecule has 0 bridgehead atoms. The summed E-state index contributed by atoms with van der Waals surface area (Å²) in [6.45, 7) is 2.56. The molecule has 0 amide bonds. The fourth-order valence-corrected chi connectivity index (χ4v) is 2.96. The number of thiazole rings is 1. The topological polar surface area (TPSA) is 34.1 Å². The highest BCUT2D eigenvalue weighted by Gasteiger charge is 2.15. The Balaban J connectivity index is 1.69. The van der Waals surface area contributed by atoms with Gasteiger partial charge in [0.25, 0.3) is 0 Å². The summed E-state index contributed by atoms with van der Waals surface area (Å²) < 4.78 is 5.46. The van der Waals surface area contributed by atoms with Crippen LogP contribution in [0.25, 0.3) is 10.6 Å². The van der Waals surface area contributed by atoms with Crippen LogP contribution in [0.1, 0.15) is 5.69 Å². The van der Waals surface area contributed by atoms with Crippen molar-refractivity contribution in [3.63, 3.8) is 0 Å². The lowest BCUT2D eigenvalue weighted by Crippen LogP contribution is -2.42. The van der Waals surface area contributed by atoms with Crippen LogP contribution in [0.3, 0.4) is 0 Å². The van der Waals surface area contributed by atoms with Gasteiger partial charge >= 0.3 is 0 Å². The molecule has 1 aliphatic heterocycles. The molecule has 94 valence electrons. The summed E-state index contributed by atoms with van der Waals surface area (Å²) in [4.78, 5) is 4.70. The van der Waals surface area contributed by atoms with E-state index in [9.17, 15) is 0 Å². The SMILES string of the molecule is c1ccc(-c2nc(CC3COCCN3)cs2)cc1. The monoisotopic (exact) mass is 260 g/mol. The molecule has 2 heterocycles. The molecule has 1 unspecified atom stereocenters. The van der Waals surface area contributed by atoms with Gasteiger partial charge in [-0.3, -0.25) is 0 Å². The molecule has 0 spiro atoms. The fourth-order valence-electron chi connectivity index (χ4n) is 2.12. The van der Waals surface area contributed by atoms with E-state index in [0.29, 0.717) is 6.04 Å². The predicted octanol–water partition coefficient (Wildman–Crippen LogP) is 2.34. The summed E-state index contributed by atoms with van der Waals surface area (Å²) in [6, 6.07) is 10.7. The summed E-state index contributed by atoms with van der Waals surface area (Å²) in [6.07, 6.45) is 0.948. The van der Waals surface area contributed by atoms with Gasteiger partial charge in [0.15, 0.2) is 0 Å². The van der Waals surface area contributed by atoms with E-state index in [0.717, 1.165) is 36.9 Å². The fraction of sp³-hybridized carbons (Fsp3) is 0.357. The first kappa shape index (κ1) is 11.8. The summed E-state index contributed by atoms with van der Waals surface area (Å²) >= 11 is 1.71. The van der Waals surface area contributed by atoms with Gasteiger partial charge in [-0.2, -0.15) is 0 Å². The minimum absolute atomic E-state index is 0.407. The summed E-state index contributed by atoms with van der Waals surface area (Å²) in [7, 11) is 0. The molecule has 1 atom stereocenters. The van der Waals surface area contributed by atoms with Crippen LogP contribution < -0.4 is 5.32 Å². The number of nitrogens with one attached hydrogen (secondary N) is 1. The van der Waals surface area contributed by atoms with Crippen molar-refractivity contribution in [3.8, 4) is 10.6 Å². The van der Waals surface area contributed by atoms with E-state index in [1.54, 1.807) is 11.3 Å². The third kappa shape index (κ3) is 2.77. The van der Waals surface area contributed by atoms with Crippen molar-refractivity contribution in [1.82, 2.24) is 10.3 Å². The third-order valence-corrected chi connectivity index (χ3v) is 3.97. The number of benzene rings is 1. The Bertz CT molecular complexity index is 492. The van der Waals surface area contributed by atoms with Crippen molar-refractivity contribution in [2.24, 2.45) is 0 Å². The molecule has 0 radical (unpaired) electrons. The van der Waals surface area contributed by atoms with Crippen LogP contribution >= 0.6 is 11.3 Å². The molecule has 1 aromatic heterocycles. The van der Waals surface area contributed by atoms with Crippen molar-refractivity contribution in [2.45, 2.75) is 12.5 Å². The van der Waals surface area contributed by atoms with Crippen LogP contribution in [-0.2, 0) is 11.2 Å². The van der Waals surface area contributed by atoms with Gasteiger partial charge in [-0.05, 0) is 0 Å². The molecule has 0 saturated carbocycles. The molecule has 1 fully saturated rings. The van der Waals surface area contributed by atoms with Crippen LogP contribution in [-0.4, -0.2) is 30.8 Å². The van der Waals surface area contributed by atoms with E-state index in [1.807, 2.05) is 18.2 Å². The van der Waals surface area contributed by atoms with Gasteiger partial charge < -0.3 is 10.1 Å². The molecule has 1 aromatic carbocycles. The number of hydrogen-bond acceptors (Lipinski definition) is 4. The third-order valence-electron chi connectivity index (χ3n) is 3.03. The first-order valence-electron chi connectivity index (χ1n) is 6.23. The quantitative estimate of drug-likeness (QED) is 0.920. The maximum atomic E-state index is 5.46. The Hall–Kier alpha value is -1.23. The van der Waals surface area contributed by atoms with Crippen molar-refractivity contribution in [3.05, 3.63) is 41.4 Å². The lowest BCUT2D eigenvalue weighted by molar-refractivity contribution is 0.0767. The number of ether oxygens (including phenoxy) is 1. The summed E-state index contributed by atoms with van der Waals surface area (Å²) in [5, 5.41) is 6.71. The molecular formula is C14H16N2OS. The Kier molecular flexibility index (Phi) is 3.69. The number of rotatable bonds is 3. The number of nitrogens with zero attached hydrogens (tertiary/aromatic N) is 1. The maximum absolute atomic E-state index is 5.46.